The number of hydrogen-bond acceptors (Lipinski definition) is 6. The Morgan fingerprint density at radius 3 is 2.40 bits per heavy atom. The molecule has 4 aromatic rings. The number of carbonyl (C=O) groups is 2. The molecule has 0 spiro atoms. The summed E-state index contributed by atoms with van der Waals surface area (Å²) in [6.07, 6.45) is 1.83. The van der Waals surface area contributed by atoms with E-state index in [0.717, 1.165) is 21.6 Å². The van der Waals surface area contributed by atoms with Crippen molar-refractivity contribution in [2.45, 2.75) is 45.9 Å². The zero-order valence-electron chi connectivity index (χ0n) is 22.7. The molecule has 1 saturated heterocycles. The third-order valence-electron chi connectivity index (χ3n) is 6.64. The summed E-state index contributed by atoms with van der Waals surface area (Å²) in [5, 5.41) is 0.671. The van der Waals surface area contributed by atoms with E-state index >= 15 is 0 Å². The van der Waals surface area contributed by atoms with E-state index < -0.39 is 11.7 Å². The zero-order valence-corrected chi connectivity index (χ0v) is 24.3. The lowest BCUT2D eigenvalue weighted by Gasteiger charge is -2.35. The Kier molecular flexibility index (Phi) is 7.96. The van der Waals surface area contributed by atoms with Crippen molar-refractivity contribution < 1.29 is 14.3 Å². The highest BCUT2D eigenvalue weighted by atomic mass is 35.5. The fourth-order valence-electron chi connectivity index (χ4n) is 4.50. The first-order chi connectivity index (χ1) is 19.1. The molecule has 0 atom stereocenters. The second-order valence-corrected chi connectivity index (χ2v) is 12.3. The first-order valence-corrected chi connectivity index (χ1v) is 14.3. The number of carbonyl (C=O) groups excluding carboxylic acids is 2. The summed E-state index contributed by atoms with van der Waals surface area (Å²) in [5.41, 5.74) is 3.16. The lowest BCUT2D eigenvalue weighted by atomic mass is 10.1. The summed E-state index contributed by atoms with van der Waals surface area (Å²) in [4.78, 5) is 46.8. The lowest BCUT2D eigenvalue weighted by Crippen LogP contribution is -2.52. The molecule has 2 aromatic carbocycles. The molecule has 10 heteroatoms. The van der Waals surface area contributed by atoms with Gasteiger partial charge in [-0.1, -0.05) is 48.0 Å². The minimum absolute atomic E-state index is 0.0194. The predicted octanol–water partition coefficient (Wildman–Crippen LogP) is 5.60. The first kappa shape index (κ1) is 27.9. The molecule has 0 aliphatic carbocycles. The maximum Gasteiger partial charge on any atom is 0.410 e. The standard InChI is InChI=1S/C30H31ClN4O4S/c1-30(2,3)39-29(38)34-15-14-33(26(36)18-34)17-21-6-4-20(5-7-21)12-13-35-19-32-24-16-25(40-27(24)28(35)37)22-8-10-23(31)11-9-22/h4-11,16,19H,12-15,17-18H2,1-3H3. The van der Waals surface area contributed by atoms with Crippen molar-refractivity contribution in [2.75, 3.05) is 19.6 Å². The number of benzene rings is 2. The summed E-state index contributed by atoms with van der Waals surface area (Å²) >= 11 is 7.45. The van der Waals surface area contributed by atoms with Gasteiger partial charge in [0.25, 0.3) is 5.56 Å². The van der Waals surface area contributed by atoms with Crippen LogP contribution >= 0.6 is 22.9 Å². The van der Waals surface area contributed by atoms with Crippen LogP contribution in [0.3, 0.4) is 0 Å². The number of halogens is 1. The highest BCUT2D eigenvalue weighted by Crippen LogP contribution is 2.31. The summed E-state index contributed by atoms with van der Waals surface area (Å²) in [7, 11) is 0. The number of fused-ring (bicyclic) bond motifs is 1. The highest BCUT2D eigenvalue weighted by Gasteiger charge is 2.30. The Labute approximate surface area is 241 Å². The molecule has 208 valence electrons. The van der Waals surface area contributed by atoms with Gasteiger partial charge >= 0.3 is 6.09 Å². The van der Waals surface area contributed by atoms with Gasteiger partial charge in [0.05, 0.1) is 11.8 Å². The number of amides is 2. The Hall–Kier alpha value is -3.69. The Morgan fingerprint density at radius 2 is 1.73 bits per heavy atom. The molecule has 1 aliphatic heterocycles. The van der Waals surface area contributed by atoms with Crippen molar-refractivity contribution in [2.24, 2.45) is 0 Å². The molecule has 1 fully saturated rings. The van der Waals surface area contributed by atoms with Crippen LogP contribution in [0, 0.1) is 0 Å². The fraction of sp³-hybridized carbons (Fsp3) is 0.333. The van der Waals surface area contributed by atoms with Gasteiger partial charge in [0.1, 0.15) is 16.8 Å². The van der Waals surface area contributed by atoms with E-state index in [1.807, 2.05) is 75.4 Å². The average molecular weight is 579 g/mol. The summed E-state index contributed by atoms with van der Waals surface area (Å²) in [5.74, 6) is -0.101. The van der Waals surface area contributed by atoms with Crippen LogP contribution in [0.2, 0.25) is 5.02 Å². The fourth-order valence-corrected chi connectivity index (χ4v) is 5.69. The predicted molar refractivity (Wildman–Crippen MR) is 158 cm³/mol. The van der Waals surface area contributed by atoms with E-state index in [1.54, 1.807) is 15.8 Å². The van der Waals surface area contributed by atoms with Gasteiger partial charge in [0.15, 0.2) is 0 Å². The SMILES string of the molecule is CC(C)(C)OC(=O)N1CCN(Cc2ccc(CCn3cnc4cc(-c5ccc(Cl)cc5)sc4c3=O)cc2)C(=O)C1. The van der Waals surface area contributed by atoms with Gasteiger partial charge in [-0.15, -0.1) is 11.3 Å². The van der Waals surface area contributed by atoms with Crippen LogP contribution in [0.4, 0.5) is 4.79 Å². The molecular formula is C30H31ClN4O4S. The van der Waals surface area contributed by atoms with E-state index in [1.165, 1.54) is 16.2 Å². The van der Waals surface area contributed by atoms with E-state index in [-0.39, 0.29) is 18.0 Å². The second-order valence-electron chi connectivity index (χ2n) is 10.9. The molecule has 5 rings (SSSR count). The van der Waals surface area contributed by atoms with Gasteiger partial charge in [0.2, 0.25) is 5.91 Å². The maximum absolute atomic E-state index is 13.1. The number of aromatic nitrogens is 2. The largest absolute Gasteiger partial charge is 0.444 e. The molecule has 3 heterocycles. The van der Waals surface area contributed by atoms with Crippen LogP contribution in [-0.2, 0) is 29.0 Å². The molecule has 0 radical (unpaired) electrons. The number of aryl methyl sites for hydroxylation is 2. The van der Waals surface area contributed by atoms with Crippen molar-refractivity contribution in [3.8, 4) is 10.4 Å². The van der Waals surface area contributed by atoms with E-state index in [0.29, 0.717) is 47.8 Å². The Balaban J connectivity index is 1.17. The zero-order chi connectivity index (χ0) is 28.4. The van der Waals surface area contributed by atoms with Crippen molar-refractivity contribution in [3.05, 3.63) is 87.4 Å². The second kappa shape index (κ2) is 11.4. The molecule has 0 saturated carbocycles. The molecule has 1 aliphatic rings. The molecule has 0 unspecified atom stereocenters. The molecule has 40 heavy (non-hydrogen) atoms. The first-order valence-electron chi connectivity index (χ1n) is 13.1. The van der Waals surface area contributed by atoms with Gasteiger partial charge in [-0.3, -0.25) is 19.1 Å². The maximum atomic E-state index is 13.1. The van der Waals surface area contributed by atoms with E-state index in [2.05, 4.69) is 4.98 Å². The van der Waals surface area contributed by atoms with Crippen LogP contribution in [0.15, 0.2) is 65.7 Å². The number of piperazine rings is 1. The van der Waals surface area contributed by atoms with Crippen molar-refractivity contribution in [1.82, 2.24) is 19.4 Å². The van der Waals surface area contributed by atoms with Gasteiger partial charge < -0.3 is 9.64 Å². The van der Waals surface area contributed by atoms with Gasteiger partial charge in [-0.05, 0) is 62.1 Å². The topological polar surface area (TPSA) is 84.7 Å². The van der Waals surface area contributed by atoms with Gasteiger partial charge in [0, 0.05) is 36.1 Å². The Morgan fingerprint density at radius 1 is 1.02 bits per heavy atom. The summed E-state index contributed by atoms with van der Waals surface area (Å²) < 4.78 is 7.68. The van der Waals surface area contributed by atoms with Crippen LogP contribution in [0.5, 0.6) is 0 Å². The minimum Gasteiger partial charge on any atom is -0.444 e. The molecular weight excluding hydrogens is 548 g/mol. The van der Waals surface area contributed by atoms with Crippen molar-refractivity contribution >= 4 is 45.2 Å². The quantitative estimate of drug-likeness (QED) is 0.297. The van der Waals surface area contributed by atoms with Crippen LogP contribution in [0.25, 0.3) is 20.7 Å². The number of rotatable bonds is 6. The van der Waals surface area contributed by atoms with E-state index in [9.17, 15) is 14.4 Å². The number of thiophene rings is 1. The van der Waals surface area contributed by atoms with Gasteiger partial charge in [-0.25, -0.2) is 9.78 Å². The monoisotopic (exact) mass is 578 g/mol. The molecule has 2 amide bonds. The van der Waals surface area contributed by atoms with Crippen LogP contribution in [0.1, 0.15) is 31.9 Å². The van der Waals surface area contributed by atoms with Crippen LogP contribution < -0.4 is 5.56 Å². The van der Waals surface area contributed by atoms with E-state index in [4.69, 9.17) is 16.3 Å². The number of hydrogen-bond donors (Lipinski definition) is 0. The third kappa shape index (κ3) is 6.54. The minimum atomic E-state index is -0.596. The average Bonchev–Trinajstić information content (AvgIpc) is 3.35. The van der Waals surface area contributed by atoms with Crippen molar-refractivity contribution in [3.63, 3.8) is 0 Å². The molecule has 0 N–H and O–H groups in total. The third-order valence-corrected chi connectivity index (χ3v) is 8.05. The Bertz CT molecular complexity index is 1590. The van der Waals surface area contributed by atoms with Crippen LogP contribution in [-0.4, -0.2) is 56.6 Å². The summed E-state index contributed by atoms with van der Waals surface area (Å²) in [6.45, 7) is 7.34. The normalized spacial score (nSPS) is 14.2. The summed E-state index contributed by atoms with van der Waals surface area (Å²) in [6, 6.07) is 17.6. The van der Waals surface area contributed by atoms with Gasteiger partial charge in [-0.2, -0.15) is 0 Å². The molecule has 2 aromatic heterocycles. The molecule has 0 bridgehead atoms. The number of ether oxygens (including phenoxy) is 1. The molecule has 8 nitrogen and oxygen atoms in total. The highest BCUT2D eigenvalue weighted by molar-refractivity contribution is 7.22. The number of nitrogens with zero attached hydrogens (tertiary/aromatic N) is 4. The lowest BCUT2D eigenvalue weighted by molar-refractivity contribution is -0.136. The smallest absolute Gasteiger partial charge is 0.410 e. The van der Waals surface area contributed by atoms with Crippen molar-refractivity contribution in [1.29, 1.82) is 0 Å².